The lowest BCUT2D eigenvalue weighted by Gasteiger charge is -2.08. The normalized spacial score (nSPS) is 12.0. The molecule has 76 valence electrons. The standard InChI is InChI=1S/C11H20O2/c1-9(2)5-6-10(3)7-8-13-11(4)12/h5,10H,6-8H2,1-4H3. The first-order valence-corrected chi connectivity index (χ1v) is 4.79. The number of allylic oxidation sites excluding steroid dienone is 2. The Kier molecular flexibility index (Phi) is 6.29. The van der Waals surface area contributed by atoms with Crippen LogP contribution < -0.4 is 0 Å². The fraction of sp³-hybridized carbons (Fsp3) is 0.727. The van der Waals surface area contributed by atoms with Gasteiger partial charge >= 0.3 is 5.97 Å². The highest BCUT2D eigenvalue weighted by Crippen LogP contribution is 2.09. The average molecular weight is 184 g/mol. The Morgan fingerprint density at radius 3 is 2.46 bits per heavy atom. The summed E-state index contributed by atoms with van der Waals surface area (Å²) in [6.45, 7) is 8.36. The van der Waals surface area contributed by atoms with E-state index in [2.05, 4.69) is 26.8 Å². The SMILES string of the molecule is CC(=O)OCCC(C)CC=C(C)C. The minimum atomic E-state index is -0.186. The van der Waals surface area contributed by atoms with E-state index in [-0.39, 0.29) is 5.97 Å². The summed E-state index contributed by atoms with van der Waals surface area (Å²) >= 11 is 0. The average Bonchev–Trinajstić information content (AvgIpc) is 2.00. The summed E-state index contributed by atoms with van der Waals surface area (Å²) in [5.74, 6) is 0.406. The summed E-state index contributed by atoms with van der Waals surface area (Å²) in [6.07, 6.45) is 4.24. The Bertz CT molecular complexity index is 179. The van der Waals surface area contributed by atoms with Gasteiger partial charge < -0.3 is 4.74 Å². The minimum absolute atomic E-state index is 0.186. The highest BCUT2D eigenvalue weighted by Gasteiger charge is 2.00. The van der Waals surface area contributed by atoms with Crippen molar-refractivity contribution in [2.45, 2.75) is 40.5 Å². The van der Waals surface area contributed by atoms with Crippen LogP contribution in [0.25, 0.3) is 0 Å². The highest BCUT2D eigenvalue weighted by molar-refractivity contribution is 5.65. The van der Waals surface area contributed by atoms with Crippen LogP contribution in [0.2, 0.25) is 0 Å². The molecular formula is C11H20O2. The molecule has 0 amide bonds. The zero-order chi connectivity index (χ0) is 10.3. The number of ether oxygens (including phenoxy) is 1. The smallest absolute Gasteiger partial charge is 0.302 e. The molecule has 2 heteroatoms. The molecule has 1 unspecified atom stereocenters. The van der Waals surface area contributed by atoms with Gasteiger partial charge in [-0.25, -0.2) is 0 Å². The number of rotatable bonds is 5. The van der Waals surface area contributed by atoms with Gasteiger partial charge in [-0.3, -0.25) is 4.79 Å². The Balaban J connectivity index is 3.46. The Labute approximate surface area is 81.0 Å². The molecule has 0 aliphatic heterocycles. The van der Waals surface area contributed by atoms with Crippen LogP contribution in [-0.4, -0.2) is 12.6 Å². The van der Waals surface area contributed by atoms with Crippen LogP contribution in [0.5, 0.6) is 0 Å². The monoisotopic (exact) mass is 184 g/mol. The Morgan fingerprint density at radius 1 is 1.38 bits per heavy atom. The van der Waals surface area contributed by atoms with Gasteiger partial charge in [-0.05, 0) is 32.6 Å². The van der Waals surface area contributed by atoms with E-state index in [9.17, 15) is 4.79 Å². The summed E-state index contributed by atoms with van der Waals surface area (Å²) in [4.78, 5) is 10.5. The largest absolute Gasteiger partial charge is 0.466 e. The van der Waals surface area contributed by atoms with Gasteiger partial charge in [-0.1, -0.05) is 18.6 Å². The van der Waals surface area contributed by atoms with Gasteiger partial charge in [0.05, 0.1) is 6.61 Å². The molecular weight excluding hydrogens is 164 g/mol. The van der Waals surface area contributed by atoms with Crippen LogP contribution in [0.15, 0.2) is 11.6 Å². The lowest BCUT2D eigenvalue weighted by atomic mass is 10.0. The van der Waals surface area contributed by atoms with Gasteiger partial charge in [0, 0.05) is 6.92 Å². The first-order chi connectivity index (χ1) is 6.02. The molecule has 0 rings (SSSR count). The molecule has 2 nitrogen and oxygen atoms in total. The van der Waals surface area contributed by atoms with E-state index in [0.29, 0.717) is 12.5 Å². The maximum Gasteiger partial charge on any atom is 0.302 e. The van der Waals surface area contributed by atoms with Gasteiger partial charge in [0.2, 0.25) is 0 Å². The topological polar surface area (TPSA) is 26.3 Å². The molecule has 0 aliphatic carbocycles. The Morgan fingerprint density at radius 2 is 2.00 bits per heavy atom. The van der Waals surface area contributed by atoms with Crippen molar-refractivity contribution >= 4 is 5.97 Å². The van der Waals surface area contributed by atoms with Crippen molar-refractivity contribution in [3.8, 4) is 0 Å². The predicted molar refractivity (Wildman–Crippen MR) is 54.5 cm³/mol. The third-order valence-electron chi connectivity index (χ3n) is 1.84. The third-order valence-corrected chi connectivity index (χ3v) is 1.84. The first kappa shape index (κ1) is 12.2. The summed E-state index contributed by atoms with van der Waals surface area (Å²) in [5.41, 5.74) is 1.35. The number of hydrogen-bond acceptors (Lipinski definition) is 2. The molecule has 1 atom stereocenters. The van der Waals surface area contributed by atoms with Crippen LogP contribution >= 0.6 is 0 Å². The van der Waals surface area contributed by atoms with E-state index >= 15 is 0 Å². The van der Waals surface area contributed by atoms with Crippen LogP contribution in [0.3, 0.4) is 0 Å². The minimum Gasteiger partial charge on any atom is -0.466 e. The van der Waals surface area contributed by atoms with E-state index in [1.807, 2.05) is 0 Å². The van der Waals surface area contributed by atoms with E-state index in [0.717, 1.165) is 12.8 Å². The molecule has 0 saturated carbocycles. The summed E-state index contributed by atoms with van der Waals surface area (Å²) in [6, 6.07) is 0. The number of esters is 1. The fourth-order valence-corrected chi connectivity index (χ4v) is 0.959. The summed E-state index contributed by atoms with van der Waals surface area (Å²) in [5, 5.41) is 0. The molecule has 0 aromatic carbocycles. The van der Waals surface area contributed by atoms with Gasteiger partial charge in [0.25, 0.3) is 0 Å². The number of hydrogen-bond donors (Lipinski definition) is 0. The number of carbonyl (C=O) groups is 1. The van der Waals surface area contributed by atoms with Crippen molar-refractivity contribution in [2.75, 3.05) is 6.61 Å². The molecule has 0 aromatic heterocycles. The van der Waals surface area contributed by atoms with Crippen LogP contribution in [-0.2, 0) is 9.53 Å². The molecule has 0 aromatic rings. The molecule has 0 aliphatic rings. The van der Waals surface area contributed by atoms with E-state index in [1.165, 1.54) is 12.5 Å². The predicted octanol–water partition coefficient (Wildman–Crippen LogP) is 2.93. The van der Waals surface area contributed by atoms with Crippen molar-refractivity contribution < 1.29 is 9.53 Å². The third kappa shape index (κ3) is 9.12. The molecule has 0 spiro atoms. The van der Waals surface area contributed by atoms with Gasteiger partial charge in [0.1, 0.15) is 0 Å². The van der Waals surface area contributed by atoms with Crippen LogP contribution in [0, 0.1) is 5.92 Å². The van der Waals surface area contributed by atoms with Crippen LogP contribution in [0.1, 0.15) is 40.5 Å². The van der Waals surface area contributed by atoms with Gasteiger partial charge in [-0.15, -0.1) is 0 Å². The molecule has 0 bridgehead atoms. The van der Waals surface area contributed by atoms with Gasteiger partial charge in [0.15, 0.2) is 0 Å². The van der Waals surface area contributed by atoms with E-state index in [1.54, 1.807) is 0 Å². The van der Waals surface area contributed by atoms with E-state index < -0.39 is 0 Å². The van der Waals surface area contributed by atoms with Crippen molar-refractivity contribution in [1.82, 2.24) is 0 Å². The molecule has 0 fully saturated rings. The van der Waals surface area contributed by atoms with E-state index in [4.69, 9.17) is 4.74 Å². The summed E-state index contributed by atoms with van der Waals surface area (Å²) in [7, 11) is 0. The Hall–Kier alpha value is -0.790. The molecule has 0 saturated heterocycles. The van der Waals surface area contributed by atoms with Gasteiger partial charge in [-0.2, -0.15) is 0 Å². The second-order valence-corrected chi connectivity index (χ2v) is 3.75. The second-order valence-electron chi connectivity index (χ2n) is 3.75. The molecule has 13 heavy (non-hydrogen) atoms. The molecule has 0 heterocycles. The van der Waals surface area contributed by atoms with Crippen LogP contribution in [0.4, 0.5) is 0 Å². The van der Waals surface area contributed by atoms with Crippen molar-refractivity contribution in [1.29, 1.82) is 0 Å². The maximum atomic E-state index is 10.5. The lowest BCUT2D eigenvalue weighted by molar-refractivity contribution is -0.141. The zero-order valence-corrected chi connectivity index (χ0v) is 9.09. The zero-order valence-electron chi connectivity index (χ0n) is 9.09. The maximum absolute atomic E-state index is 10.5. The quantitative estimate of drug-likeness (QED) is 0.485. The second kappa shape index (κ2) is 6.70. The highest BCUT2D eigenvalue weighted by atomic mass is 16.5. The summed E-state index contributed by atoms with van der Waals surface area (Å²) < 4.78 is 4.86. The van der Waals surface area contributed by atoms with Crippen molar-refractivity contribution in [3.05, 3.63) is 11.6 Å². The molecule has 0 radical (unpaired) electrons. The lowest BCUT2D eigenvalue weighted by Crippen LogP contribution is -2.04. The fourth-order valence-electron chi connectivity index (χ4n) is 0.959. The van der Waals surface area contributed by atoms with Crippen molar-refractivity contribution in [2.24, 2.45) is 5.92 Å². The number of carbonyl (C=O) groups excluding carboxylic acids is 1. The van der Waals surface area contributed by atoms with Crippen molar-refractivity contribution in [3.63, 3.8) is 0 Å². The molecule has 0 N–H and O–H groups in total. The first-order valence-electron chi connectivity index (χ1n) is 4.79.